The van der Waals surface area contributed by atoms with Crippen molar-refractivity contribution >= 4 is 23.4 Å². The topological polar surface area (TPSA) is 119 Å². The number of nitro groups is 1. The third-order valence-corrected chi connectivity index (χ3v) is 2.90. The zero-order valence-corrected chi connectivity index (χ0v) is 11.8. The minimum Gasteiger partial charge on any atom is -0.477 e. The number of carboxylic acid groups (broad SMARTS) is 1. The summed E-state index contributed by atoms with van der Waals surface area (Å²) in [6, 6.07) is 12.4. The average molecular weight is 316 g/mol. The van der Waals surface area contributed by atoms with Gasteiger partial charge in [-0.25, -0.2) is 9.59 Å². The largest absolute Gasteiger partial charge is 0.477 e. The maximum Gasteiger partial charge on any atom is 0.411 e. The summed E-state index contributed by atoms with van der Waals surface area (Å²) in [5, 5.41) is 22.2. The molecule has 1 amide bonds. The highest BCUT2D eigenvalue weighted by atomic mass is 16.6. The van der Waals surface area contributed by atoms with E-state index in [1.807, 2.05) is 6.07 Å². The van der Waals surface area contributed by atoms with E-state index < -0.39 is 28.2 Å². The lowest BCUT2D eigenvalue weighted by molar-refractivity contribution is -0.385. The first-order chi connectivity index (χ1) is 11.0. The number of rotatable bonds is 5. The minimum absolute atomic E-state index is 0.00992. The highest BCUT2D eigenvalue weighted by molar-refractivity contribution is 6.02. The van der Waals surface area contributed by atoms with Crippen molar-refractivity contribution in [1.82, 2.24) is 0 Å². The number of benzene rings is 2. The molecule has 8 heteroatoms. The molecule has 2 rings (SSSR count). The molecule has 0 heterocycles. The number of nitrogens with one attached hydrogen (secondary N) is 1. The number of carbonyl (C=O) groups excluding carboxylic acids is 1. The Morgan fingerprint density at radius 2 is 1.83 bits per heavy atom. The van der Waals surface area contributed by atoms with Crippen LogP contribution in [0.5, 0.6) is 0 Å². The fourth-order valence-corrected chi connectivity index (χ4v) is 1.89. The Balaban J connectivity index is 2.13. The standard InChI is InChI=1S/C15H12N2O6/c18-14(19)13-11(7-4-8-12(13)17(21)22)16-15(20)23-9-10-5-2-1-3-6-10/h1-8H,9H2,(H,16,20)(H,18,19). The summed E-state index contributed by atoms with van der Waals surface area (Å²) < 4.78 is 4.95. The van der Waals surface area contributed by atoms with Gasteiger partial charge in [0, 0.05) is 6.07 Å². The van der Waals surface area contributed by atoms with E-state index in [0.29, 0.717) is 0 Å². The lowest BCUT2D eigenvalue weighted by Gasteiger charge is -2.09. The van der Waals surface area contributed by atoms with Crippen molar-refractivity contribution in [2.24, 2.45) is 0 Å². The number of hydrogen-bond donors (Lipinski definition) is 2. The van der Waals surface area contributed by atoms with Crippen molar-refractivity contribution in [2.75, 3.05) is 5.32 Å². The highest BCUT2D eigenvalue weighted by Gasteiger charge is 2.24. The zero-order chi connectivity index (χ0) is 16.8. The van der Waals surface area contributed by atoms with Gasteiger partial charge in [-0.2, -0.15) is 0 Å². The van der Waals surface area contributed by atoms with Crippen molar-refractivity contribution in [3.05, 3.63) is 69.8 Å². The Morgan fingerprint density at radius 1 is 1.13 bits per heavy atom. The van der Waals surface area contributed by atoms with E-state index in [9.17, 15) is 19.7 Å². The van der Waals surface area contributed by atoms with E-state index in [4.69, 9.17) is 9.84 Å². The average Bonchev–Trinajstić information content (AvgIpc) is 2.53. The van der Waals surface area contributed by atoms with Gasteiger partial charge in [-0.3, -0.25) is 15.4 Å². The molecule has 0 aliphatic carbocycles. The van der Waals surface area contributed by atoms with Gasteiger partial charge in [-0.1, -0.05) is 36.4 Å². The first-order valence-corrected chi connectivity index (χ1v) is 6.47. The van der Waals surface area contributed by atoms with Crippen molar-refractivity contribution in [3.63, 3.8) is 0 Å². The summed E-state index contributed by atoms with van der Waals surface area (Å²) in [5.74, 6) is -1.52. The van der Waals surface area contributed by atoms with E-state index in [1.165, 1.54) is 12.1 Å². The van der Waals surface area contributed by atoms with Crippen LogP contribution >= 0.6 is 0 Å². The fourth-order valence-electron chi connectivity index (χ4n) is 1.89. The molecule has 0 aliphatic heterocycles. The molecule has 0 saturated carbocycles. The number of anilines is 1. The lowest BCUT2D eigenvalue weighted by atomic mass is 10.1. The van der Waals surface area contributed by atoms with Crippen LogP contribution in [0.3, 0.4) is 0 Å². The monoisotopic (exact) mass is 316 g/mol. The molecule has 0 atom stereocenters. The summed E-state index contributed by atoms with van der Waals surface area (Å²) in [4.78, 5) is 33.0. The Kier molecular flexibility index (Phi) is 4.88. The number of carboxylic acids is 1. The Hall–Kier alpha value is -3.42. The van der Waals surface area contributed by atoms with Crippen molar-refractivity contribution < 1.29 is 24.4 Å². The van der Waals surface area contributed by atoms with E-state index in [0.717, 1.165) is 11.6 Å². The van der Waals surface area contributed by atoms with Gasteiger partial charge in [0.2, 0.25) is 0 Å². The summed E-state index contributed by atoms with van der Waals surface area (Å²) in [7, 11) is 0. The van der Waals surface area contributed by atoms with Gasteiger partial charge in [-0.15, -0.1) is 0 Å². The summed E-state index contributed by atoms with van der Waals surface area (Å²) in [5.41, 5.74) is -0.669. The second kappa shape index (κ2) is 7.03. The third-order valence-electron chi connectivity index (χ3n) is 2.90. The van der Waals surface area contributed by atoms with Crippen LogP contribution in [-0.4, -0.2) is 22.1 Å². The van der Waals surface area contributed by atoms with Crippen LogP contribution in [0.1, 0.15) is 15.9 Å². The Labute approximate surface area is 130 Å². The number of carbonyl (C=O) groups is 2. The van der Waals surface area contributed by atoms with Gasteiger partial charge in [0.05, 0.1) is 10.6 Å². The molecular formula is C15H12N2O6. The number of nitrogens with zero attached hydrogens (tertiary/aromatic N) is 1. The predicted molar refractivity (Wildman–Crippen MR) is 80.3 cm³/mol. The maximum atomic E-state index is 11.7. The van der Waals surface area contributed by atoms with E-state index in [1.54, 1.807) is 24.3 Å². The van der Waals surface area contributed by atoms with Crippen LogP contribution in [0.15, 0.2) is 48.5 Å². The normalized spacial score (nSPS) is 9.91. The molecule has 23 heavy (non-hydrogen) atoms. The molecule has 0 aromatic heterocycles. The van der Waals surface area contributed by atoms with Gasteiger partial charge < -0.3 is 9.84 Å². The van der Waals surface area contributed by atoms with Gasteiger partial charge >= 0.3 is 12.1 Å². The van der Waals surface area contributed by atoms with Crippen molar-refractivity contribution in [1.29, 1.82) is 0 Å². The lowest BCUT2D eigenvalue weighted by Crippen LogP contribution is -2.16. The fraction of sp³-hybridized carbons (Fsp3) is 0.0667. The highest BCUT2D eigenvalue weighted by Crippen LogP contribution is 2.26. The second-order valence-electron chi connectivity index (χ2n) is 4.45. The van der Waals surface area contributed by atoms with Crippen LogP contribution in [-0.2, 0) is 11.3 Å². The molecule has 0 radical (unpaired) electrons. The Morgan fingerprint density at radius 3 is 2.43 bits per heavy atom. The number of hydrogen-bond acceptors (Lipinski definition) is 5. The molecule has 0 saturated heterocycles. The molecule has 118 valence electrons. The molecule has 0 bridgehead atoms. The van der Waals surface area contributed by atoms with E-state index in [2.05, 4.69) is 5.32 Å². The molecule has 0 spiro atoms. The van der Waals surface area contributed by atoms with Crippen LogP contribution < -0.4 is 5.32 Å². The number of amides is 1. The van der Waals surface area contributed by atoms with Crippen LogP contribution in [0.4, 0.5) is 16.2 Å². The molecule has 8 nitrogen and oxygen atoms in total. The SMILES string of the molecule is O=C(Nc1cccc([N+](=O)[O-])c1C(=O)O)OCc1ccccc1. The number of nitro benzene ring substituents is 1. The Bertz CT molecular complexity index is 745. The minimum atomic E-state index is -1.52. The third kappa shape index (κ3) is 4.03. The second-order valence-corrected chi connectivity index (χ2v) is 4.45. The van der Waals surface area contributed by atoms with Crippen LogP contribution in [0, 0.1) is 10.1 Å². The van der Waals surface area contributed by atoms with Gasteiger partial charge in [0.25, 0.3) is 5.69 Å². The predicted octanol–water partition coefficient (Wildman–Crippen LogP) is 3.04. The molecule has 0 fully saturated rings. The van der Waals surface area contributed by atoms with Gasteiger partial charge in [0.1, 0.15) is 6.61 Å². The van der Waals surface area contributed by atoms with Crippen molar-refractivity contribution in [3.8, 4) is 0 Å². The maximum absolute atomic E-state index is 11.7. The number of ether oxygens (including phenoxy) is 1. The van der Waals surface area contributed by atoms with Crippen LogP contribution in [0.2, 0.25) is 0 Å². The summed E-state index contributed by atoms with van der Waals surface area (Å²) >= 11 is 0. The molecule has 0 aliphatic rings. The summed E-state index contributed by atoms with van der Waals surface area (Å²) in [6.45, 7) is -0.00992. The van der Waals surface area contributed by atoms with Crippen LogP contribution in [0.25, 0.3) is 0 Å². The first kappa shape index (κ1) is 16.0. The molecule has 2 aromatic carbocycles. The quantitative estimate of drug-likeness (QED) is 0.646. The summed E-state index contributed by atoms with van der Waals surface area (Å²) in [6.07, 6.45) is -0.906. The van der Waals surface area contributed by atoms with E-state index >= 15 is 0 Å². The molecular weight excluding hydrogens is 304 g/mol. The van der Waals surface area contributed by atoms with Gasteiger partial charge in [0.15, 0.2) is 5.56 Å². The van der Waals surface area contributed by atoms with E-state index in [-0.39, 0.29) is 12.3 Å². The zero-order valence-electron chi connectivity index (χ0n) is 11.8. The molecule has 0 unspecified atom stereocenters. The van der Waals surface area contributed by atoms with Gasteiger partial charge in [-0.05, 0) is 11.6 Å². The molecule has 2 aromatic rings. The van der Waals surface area contributed by atoms with Crippen molar-refractivity contribution in [2.45, 2.75) is 6.61 Å². The first-order valence-electron chi connectivity index (χ1n) is 6.47. The smallest absolute Gasteiger partial charge is 0.411 e. The molecule has 2 N–H and O–H groups in total. The number of aromatic carboxylic acids is 1.